The fourth-order valence-electron chi connectivity index (χ4n) is 3.24. The van der Waals surface area contributed by atoms with E-state index in [1.165, 1.54) is 6.42 Å². The van der Waals surface area contributed by atoms with Crippen LogP contribution in [0.25, 0.3) is 0 Å². The average molecular weight is 375 g/mol. The Balaban J connectivity index is 1.58. The number of hydrogen-bond donors (Lipinski definition) is 2. The minimum atomic E-state index is -0.126. The Morgan fingerprint density at radius 2 is 1.93 bits per heavy atom. The van der Waals surface area contributed by atoms with Gasteiger partial charge in [0.2, 0.25) is 0 Å². The summed E-state index contributed by atoms with van der Waals surface area (Å²) in [5.41, 5.74) is 0.528. The third-order valence-corrected chi connectivity index (χ3v) is 4.98. The van der Waals surface area contributed by atoms with Crippen LogP contribution < -0.4 is 20.1 Å². The summed E-state index contributed by atoms with van der Waals surface area (Å²) in [5, 5.41) is 6.13. The van der Waals surface area contributed by atoms with E-state index in [0.29, 0.717) is 36.1 Å². The van der Waals surface area contributed by atoms with Gasteiger partial charge in [-0.1, -0.05) is 0 Å². The largest absolute Gasteiger partial charge is 0.490 e. The van der Waals surface area contributed by atoms with E-state index >= 15 is 0 Å². The maximum Gasteiger partial charge on any atom is 0.260 e. The van der Waals surface area contributed by atoms with Crippen molar-refractivity contribution in [3.05, 3.63) is 23.8 Å². The van der Waals surface area contributed by atoms with Crippen LogP contribution in [0.4, 0.5) is 0 Å². The number of rotatable bonds is 8. The molecule has 0 unspecified atom stereocenters. The zero-order valence-corrected chi connectivity index (χ0v) is 16.0. The van der Waals surface area contributed by atoms with Crippen molar-refractivity contribution in [2.45, 2.75) is 26.2 Å². The molecule has 1 aromatic rings. The van der Waals surface area contributed by atoms with E-state index in [1.54, 1.807) is 18.2 Å². The van der Waals surface area contributed by atoms with Crippen LogP contribution >= 0.6 is 0 Å². The average Bonchev–Trinajstić information content (AvgIpc) is 2.66. The van der Waals surface area contributed by atoms with Crippen molar-refractivity contribution in [2.75, 3.05) is 45.9 Å². The van der Waals surface area contributed by atoms with E-state index < -0.39 is 0 Å². The highest BCUT2D eigenvalue weighted by molar-refractivity contribution is 5.94. The van der Waals surface area contributed by atoms with Crippen molar-refractivity contribution in [2.24, 2.45) is 5.92 Å². The lowest BCUT2D eigenvalue weighted by atomic mass is 10.0. The first-order chi connectivity index (χ1) is 13.2. The zero-order valence-electron chi connectivity index (χ0n) is 16.0. The standard InChI is InChI=1S/C20H29N3O4/c1-2-26-18-10-16(20(25)22-13-15-11-21-12-15)6-7-17(18)27-14-19(24)23-8-4-3-5-9-23/h6-7,10,15,21H,2-5,8-9,11-14H2,1H3,(H,22,25). The lowest BCUT2D eigenvalue weighted by molar-refractivity contribution is -0.134. The van der Waals surface area contributed by atoms with Gasteiger partial charge in [-0.25, -0.2) is 0 Å². The maximum absolute atomic E-state index is 12.3. The van der Waals surface area contributed by atoms with Gasteiger partial charge in [0.15, 0.2) is 18.1 Å². The highest BCUT2D eigenvalue weighted by atomic mass is 16.5. The number of likely N-dealkylation sites (tertiary alicyclic amines) is 1. The molecule has 148 valence electrons. The van der Waals surface area contributed by atoms with E-state index in [-0.39, 0.29) is 18.4 Å². The van der Waals surface area contributed by atoms with Crippen LogP contribution in [0.3, 0.4) is 0 Å². The first-order valence-corrected chi connectivity index (χ1v) is 9.83. The predicted octanol–water partition coefficient (Wildman–Crippen LogP) is 1.43. The summed E-state index contributed by atoms with van der Waals surface area (Å²) in [4.78, 5) is 26.5. The molecule has 2 aliphatic heterocycles. The number of nitrogens with zero attached hydrogens (tertiary/aromatic N) is 1. The Hall–Kier alpha value is -2.28. The molecule has 27 heavy (non-hydrogen) atoms. The minimum Gasteiger partial charge on any atom is -0.490 e. The molecule has 0 aromatic heterocycles. The first-order valence-electron chi connectivity index (χ1n) is 9.83. The quantitative estimate of drug-likeness (QED) is 0.719. The molecule has 0 radical (unpaired) electrons. The van der Waals surface area contributed by atoms with Gasteiger partial charge in [-0.3, -0.25) is 9.59 Å². The fraction of sp³-hybridized carbons (Fsp3) is 0.600. The normalized spacial score (nSPS) is 17.1. The molecule has 0 bridgehead atoms. The van der Waals surface area contributed by atoms with E-state index in [9.17, 15) is 9.59 Å². The molecule has 0 aliphatic carbocycles. The van der Waals surface area contributed by atoms with Crippen molar-refractivity contribution in [1.82, 2.24) is 15.5 Å². The highest BCUT2D eigenvalue weighted by Crippen LogP contribution is 2.28. The number of nitrogens with one attached hydrogen (secondary N) is 2. The van der Waals surface area contributed by atoms with Gasteiger partial charge >= 0.3 is 0 Å². The number of piperidine rings is 1. The number of carbonyl (C=O) groups is 2. The molecule has 2 aliphatic rings. The van der Waals surface area contributed by atoms with E-state index in [1.807, 2.05) is 11.8 Å². The van der Waals surface area contributed by atoms with Gasteiger partial charge in [0.1, 0.15) is 0 Å². The van der Waals surface area contributed by atoms with Crippen LogP contribution in [0.5, 0.6) is 11.5 Å². The molecule has 7 heteroatoms. The van der Waals surface area contributed by atoms with Gasteiger partial charge in [-0.15, -0.1) is 0 Å². The number of benzene rings is 1. The monoisotopic (exact) mass is 375 g/mol. The van der Waals surface area contributed by atoms with Gasteiger partial charge in [-0.05, 0) is 44.4 Å². The molecular weight excluding hydrogens is 346 g/mol. The van der Waals surface area contributed by atoms with Crippen LogP contribution in [-0.2, 0) is 4.79 Å². The Bertz CT molecular complexity index is 655. The van der Waals surface area contributed by atoms with Crippen molar-refractivity contribution in [3.8, 4) is 11.5 Å². The summed E-state index contributed by atoms with van der Waals surface area (Å²) in [5.74, 6) is 1.35. The molecule has 2 amide bonds. The number of hydrogen-bond acceptors (Lipinski definition) is 5. The van der Waals surface area contributed by atoms with E-state index in [0.717, 1.165) is 39.0 Å². The second-order valence-electron chi connectivity index (χ2n) is 7.06. The topological polar surface area (TPSA) is 79.9 Å². The maximum atomic E-state index is 12.3. The van der Waals surface area contributed by atoms with Crippen LogP contribution in [0.2, 0.25) is 0 Å². The number of carbonyl (C=O) groups excluding carboxylic acids is 2. The van der Waals surface area contributed by atoms with Crippen molar-refractivity contribution in [3.63, 3.8) is 0 Å². The van der Waals surface area contributed by atoms with Gasteiger partial charge in [0, 0.05) is 44.2 Å². The molecular formula is C20H29N3O4. The molecule has 3 rings (SSSR count). The Kier molecular flexibility index (Phi) is 6.92. The van der Waals surface area contributed by atoms with Crippen molar-refractivity contribution < 1.29 is 19.1 Å². The third-order valence-electron chi connectivity index (χ3n) is 4.98. The molecule has 0 saturated carbocycles. The van der Waals surface area contributed by atoms with Crippen molar-refractivity contribution in [1.29, 1.82) is 0 Å². The second kappa shape index (κ2) is 9.60. The second-order valence-corrected chi connectivity index (χ2v) is 7.06. The molecule has 1 aromatic carbocycles. The van der Waals surface area contributed by atoms with Gasteiger partial charge in [0.05, 0.1) is 6.61 Å². The number of amides is 2. The Labute approximate surface area is 160 Å². The Morgan fingerprint density at radius 3 is 2.59 bits per heavy atom. The molecule has 7 nitrogen and oxygen atoms in total. The van der Waals surface area contributed by atoms with E-state index in [4.69, 9.17) is 9.47 Å². The molecule has 2 N–H and O–H groups in total. The summed E-state index contributed by atoms with van der Waals surface area (Å²) in [7, 11) is 0. The van der Waals surface area contributed by atoms with Gasteiger partial charge in [0.25, 0.3) is 11.8 Å². The van der Waals surface area contributed by atoms with Crippen LogP contribution in [0, 0.1) is 5.92 Å². The summed E-state index contributed by atoms with van der Waals surface area (Å²) in [6.45, 7) is 6.48. The van der Waals surface area contributed by atoms with Crippen LogP contribution in [0.15, 0.2) is 18.2 Å². The summed E-state index contributed by atoms with van der Waals surface area (Å²) < 4.78 is 11.3. The SMILES string of the molecule is CCOc1cc(C(=O)NCC2CNC2)ccc1OCC(=O)N1CCCCC1. The summed E-state index contributed by atoms with van der Waals surface area (Å²) >= 11 is 0. The van der Waals surface area contributed by atoms with Crippen LogP contribution in [0.1, 0.15) is 36.5 Å². The molecule has 2 heterocycles. The predicted molar refractivity (Wildman–Crippen MR) is 102 cm³/mol. The molecule has 2 fully saturated rings. The Morgan fingerprint density at radius 1 is 1.15 bits per heavy atom. The minimum absolute atomic E-state index is 0.00641. The molecule has 0 atom stereocenters. The number of ether oxygens (including phenoxy) is 2. The molecule has 2 saturated heterocycles. The smallest absolute Gasteiger partial charge is 0.260 e. The fourth-order valence-corrected chi connectivity index (χ4v) is 3.24. The van der Waals surface area contributed by atoms with Gasteiger partial charge in [-0.2, -0.15) is 0 Å². The summed E-state index contributed by atoms with van der Waals surface area (Å²) in [6.07, 6.45) is 3.28. The summed E-state index contributed by atoms with van der Waals surface area (Å²) in [6, 6.07) is 5.09. The third kappa shape index (κ3) is 5.35. The zero-order chi connectivity index (χ0) is 19.1. The lowest BCUT2D eigenvalue weighted by Crippen LogP contribution is -2.48. The van der Waals surface area contributed by atoms with Crippen molar-refractivity contribution >= 4 is 11.8 Å². The first kappa shape index (κ1) is 19.5. The van der Waals surface area contributed by atoms with E-state index in [2.05, 4.69) is 10.6 Å². The highest BCUT2D eigenvalue weighted by Gasteiger charge is 2.20. The van der Waals surface area contributed by atoms with Gasteiger partial charge < -0.3 is 25.0 Å². The lowest BCUT2D eigenvalue weighted by Gasteiger charge is -2.27. The molecule has 0 spiro atoms. The van der Waals surface area contributed by atoms with Crippen LogP contribution in [-0.4, -0.2) is 62.7 Å².